The molecular formula is C8H12O3S2. The van der Waals surface area contributed by atoms with Crippen molar-refractivity contribution in [1.82, 2.24) is 0 Å². The Morgan fingerprint density at radius 1 is 1.54 bits per heavy atom. The lowest BCUT2D eigenvalue weighted by molar-refractivity contribution is 0.205. The summed E-state index contributed by atoms with van der Waals surface area (Å²) in [6, 6.07) is 3.63. The largest absolute Gasteiger partial charge is 0.387 e. The zero-order valence-electron chi connectivity index (χ0n) is 7.52. The Balaban J connectivity index is 2.75. The first-order valence-corrected chi connectivity index (χ1v) is 6.68. The highest BCUT2D eigenvalue weighted by Gasteiger charge is 2.15. The van der Waals surface area contributed by atoms with Gasteiger partial charge in [-0.3, -0.25) is 0 Å². The van der Waals surface area contributed by atoms with Crippen molar-refractivity contribution in [3.63, 3.8) is 0 Å². The summed E-state index contributed by atoms with van der Waals surface area (Å²) in [7, 11) is -3.11. The van der Waals surface area contributed by atoms with Gasteiger partial charge in [0.05, 0.1) is 5.75 Å². The minimum absolute atomic E-state index is 0.201. The molecule has 0 aliphatic carbocycles. The highest BCUT2D eigenvalue weighted by molar-refractivity contribution is 7.90. The molecule has 1 aromatic heterocycles. The maximum atomic E-state index is 10.9. The first-order valence-electron chi connectivity index (χ1n) is 3.80. The van der Waals surface area contributed by atoms with Crippen LogP contribution >= 0.6 is 11.3 Å². The molecule has 1 N–H and O–H groups in total. The van der Waals surface area contributed by atoms with Gasteiger partial charge in [0, 0.05) is 16.0 Å². The lowest BCUT2D eigenvalue weighted by atomic mass is 10.3. The average molecular weight is 220 g/mol. The summed E-state index contributed by atoms with van der Waals surface area (Å²) in [5.41, 5.74) is 0. The lowest BCUT2D eigenvalue weighted by Gasteiger charge is -2.05. The maximum Gasteiger partial charge on any atom is 0.150 e. The predicted octanol–water partition coefficient (Wildman–Crippen LogP) is 1.13. The van der Waals surface area contributed by atoms with Gasteiger partial charge in [-0.05, 0) is 19.1 Å². The zero-order chi connectivity index (χ0) is 10.1. The quantitative estimate of drug-likeness (QED) is 0.831. The first-order chi connectivity index (χ1) is 5.88. The van der Waals surface area contributed by atoms with Crippen LogP contribution in [-0.2, 0) is 9.84 Å². The van der Waals surface area contributed by atoms with Gasteiger partial charge >= 0.3 is 0 Å². The molecule has 74 valence electrons. The fourth-order valence-electron chi connectivity index (χ4n) is 1.00. The molecule has 13 heavy (non-hydrogen) atoms. The molecule has 0 amide bonds. The number of aryl methyl sites for hydroxylation is 1. The third-order valence-electron chi connectivity index (χ3n) is 1.55. The highest BCUT2D eigenvalue weighted by atomic mass is 32.2. The average Bonchev–Trinajstić information content (AvgIpc) is 2.31. The van der Waals surface area contributed by atoms with Gasteiger partial charge in [0.2, 0.25) is 0 Å². The fourth-order valence-corrected chi connectivity index (χ4v) is 2.72. The molecule has 0 bridgehead atoms. The van der Waals surface area contributed by atoms with E-state index in [-0.39, 0.29) is 5.75 Å². The van der Waals surface area contributed by atoms with Crippen molar-refractivity contribution in [3.05, 3.63) is 21.9 Å². The summed E-state index contributed by atoms with van der Waals surface area (Å²) < 4.78 is 21.7. The Kier molecular flexibility index (Phi) is 3.10. The second-order valence-corrected chi connectivity index (χ2v) is 6.56. The Morgan fingerprint density at radius 2 is 2.15 bits per heavy atom. The van der Waals surface area contributed by atoms with E-state index < -0.39 is 15.9 Å². The van der Waals surface area contributed by atoms with Crippen molar-refractivity contribution in [2.24, 2.45) is 0 Å². The van der Waals surface area contributed by atoms with Crippen LogP contribution in [0.4, 0.5) is 0 Å². The molecule has 1 heterocycles. The Hall–Kier alpha value is -0.390. The van der Waals surface area contributed by atoms with Crippen molar-refractivity contribution in [3.8, 4) is 0 Å². The minimum atomic E-state index is -3.11. The lowest BCUT2D eigenvalue weighted by Crippen LogP contribution is -2.11. The van der Waals surface area contributed by atoms with Gasteiger partial charge in [-0.25, -0.2) is 8.42 Å². The molecule has 1 atom stereocenters. The van der Waals surface area contributed by atoms with Crippen molar-refractivity contribution < 1.29 is 13.5 Å². The van der Waals surface area contributed by atoms with Gasteiger partial charge < -0.3 is 5.11 Å². The Bertz CT molecular complexity index is 378. The van der Waals surface area contributed by atoms with E-state index in [1.165, 1.54) is 11.3 Å². The predicted molar refractivity (Wildman–Crippen MR) is 53.7 cm³/mol. The highest BCUT2D eigenvalue weighted by Crippen LogP contribution is 2.23. The van der Waals surface area contributed by atoms with Crippen LogP contribution in [0.5, 0.6) is 0 Å². The SMILES string of the molecule is Cc1ccc(C(O)CS(C)(=O)=O)s1. The van der Waals surface area contributed by atoms with Crippen LogP contribution in [0.25, 0.3) is 0 Å². The third kappa shape index (κ3) is 3.46. The zero-order valence-corrected chi connectivity index (χ0v) is 9.15. The summed E-state index contributed by atoms with van der Waals surface area (Å²) in [4.78, 5) is 1.78. The first kappa shape index (κ1) is 10.7. The second kappa shape index (κ2) is 3.77. The van der Waals surface area contributed by atoms with Crippen molar-refractivity contribution in [2.75, 3.05) is 12.0 Å². The molecule has 1 unspecified atom stereocenters. The van der Waals surface area contributed by atoms with Gasteiger partial charge in [0.1, 0.15) is 15.9 Å². The number of hydrogen-bond donors (Lipinski definition) is 1. The van der Waals surface area contributed by atoms with E-state index in [4.69, 9.17) is 0 Å². The van der Waals surface area contributed by atoms with Crippen LogP contribution in [0.3, 0.4) is 0 Å². The number of aliphatic hydroxyl groups is 1. The monoisotopic (exact) mass is 220 g/mol. The molecular weight excluding hydrogens is 208 g/mol. The summed E-state index contributed by atoms with van der Waals surface area (Å²) >= 11 is 1.42. The molecule has 3 nitrogen and oxygen atoms in total. The second-order valence-electron chi connectivity index (χ2n) is 3.06. The van der Waals surface area contributed by atoms with E-state index in [1.807, 2.05) is 13.0 Å². The molecule has 0 spiro atoms. The normalized spacial score (nSPS) is 14.4. The van der Waals surface area contributed by atoms with Gasteiger partial charge in [-0.1, -0.05) is 0 Å². The summed E-state index contributed by atoms with van der Waals surface area (Å²) in [6.45, 7) is 1.92. The molecule has 1 aromatic rings. The molecule has 5 heteroatoms. The van der Waals surface area contributed by atoms with Crippen molar-refractivity contribution in [1.29, 1.82) is 0 Å². The van der Waals surface area contributed by atoms with Crippen LogP contribution in [0, 0.1) is 6.92 Å². The Labute approximate surface area is 82.0 Å². The summed E-state index contributed by atoms with van der Waals surface area (Å²) in [5, 5.41) is 9.50. The number of sulfone groups is 1. The van der Waals surface area contributed by atoms with Gasteiger partial charge in [0.25, 0.3) is 0 Å². The summed E-state index contributed by atoms with van der Waals surface area (Å²) in [6.07, 6.45) is 0.241. The molecule has 0 saturated heterocycles. The van der Waals surface area contributed by atoms with Crippen LogP contribution in [0.2, 0.25) is 0 Å². The van der Waals surface area contributed by atoms with Crippen LogP contribution in [-0.4, -0.2) is 25.5 Å². The molecule has 0 aromatic carbocycles. The number of hydrogen-bond acceptors (Lipinski definition) is 4. The summed E-state index contributed by atoms with van der Waals surface area (Å²) in [5.74, 6) is -0.201. The number of aliphatic hydroxyl groups excluding tert-OH is 1. The van der Waals surface area contributed by atoms with E-state index in [9.17, 15) is 13.5 Å². The van der Waals surface area contributed by atoms with Gasteiger partial charge in [-0.2, -0.15) is 0 Å². The Morgan fingerprint density at radius 3 is 2.54 bits per heavy atom. The number of rotatable bonds is 3. The molecule has 0 fully saturated rings. The van der Waals surface area contributed by atoms with E-state index >= 15 is 0 Å². The topological polar surface area (TPSA) is 54.4 Å². The van der Waals surface area contributed by atoms with Gasteiger partial charge in [-0.15, -0.1) is 11.3 Å². The molecule has 0 aliphatic heterocycles. The van der Waals surface area contributed by atoms with E-state index in [1.54, 1.807) is 6.07 Å². The molecule has 0 saturated carbocycles. The van der Waals surface area contributed by atoms with Crippen LogP contribution < -0.4 is 0 Å². The van der Waals surface area contributed by atoms with E-state index in [2.05, 4.69) is 0 Å². The standard InChI is InChI=1S/C8H12O3S2/c1-6-3-4-8(12-6)7(9)5-13(2,10)11/h3-4,7,9H,5H2,1-2H3. The van der Waals surface area contributed by atoms with E-state index in [0.717, 1.165) is 11.1 Å². The molecule has 1 rings (SSSR count). The van der Waals surface area contributed by atoms with E-state index in [0.29, 0.717) is 4.88 Å². The van der Waals surface area contributed by atoms with Crippen molar-refractivity contribution in [2.45, 2.75) is 13.0 Å². The third-order valence-corrected chi connectivity index (χ3v) is 3.57. The van der Waals surface area contributed by atoms with Crippen molar-refractivity contribution >= 4 is 21.2 Å². The van der Waals surface area contributed by atoms with Crippen LogP contribution in [0.1, 0.15) is 15.9 Å². The van der Waals surface area contributed by atoms with Gasteiger partial charge in [0.15, 0.2) is 0 Å². The smallest absolute Gasteiger partial charge is 0.150 e. The molecule has 0 radical (unpaired) electrons. The fraction of sp³-hybridized carbons (Fsp3) is 0.500. The minimum Gasteiger partial charge on any atom is -0.387 e. The van der Waals surface area contributed by atoms with Crippen LogP contribution in [0.15, 0.2) is 12.1 Å². The maximum absolute atomic E-state index is 10.9. The number of thiophene rings is 1. The molecule has 0 aliphatic rings.